The van der Waals surface area contributed by atoms with E-state index >= 15 is 0 Å². The molecule has 1 aliphatic carbocycles. The summed E-state index contributed by atoms with van der Waals surface area (Å²) in [6.45, 7) is 3.27. The molecule has 0 radical (unpaired) electrons. The molecule has 1 saturated carbocycles. The number of aromatic nitrogens is 1. The first-order valence-corrected chi connectivity index (χ1v) is 6.01. The second-order valence-electron chi connectivity index (χ2n) is 4.51. The average Bonchev–Trinajstić information content (AvgIpc) is 3.11. The summed E-state index contributed by atoms with van der Waals surface area (Å²) in [6, 6.07) is 5.77. The van der Waals surface area contributed by atoms with E-state index in [2.05, 4.69) is 10.3 Å². The summed E-state index contributed by atoms with van der Waals surface area (Å²) in [5.74, 6) is 0.621. The van der Waals surface area contributed by atoms with Gasteiger partial charge in [0.2, 0.25) is 5.91 Å². The van der Waals surface area contributed by atoms with Crippen molar-refractivity contribution >= 4 is 5.91 Å². The van der Waals surface area contributed by atoms with Crippen molar-refractivity contribution in [3.05, 3.63) is 29.6 Å². The van der Waals surface area contributed by atoms with Crippen LogP contribution in [0.5, 0.6) is 0 Å². The highest BCUT2D eigenvalue weighted by atomic mass is 16.5. The van der Waals surface area contributed by atoms with Crippen LogP contribution in [-0.4, -0.2) is 24.1 Å². The number of carbonyl (C=O) groups excluding carboxylic acids is 1. The Labute approximate surface area is 101 Å². The molecule has 1 aromatic rings. The number of pyridine rings is 1. The van der Waals surface area contributed by atoms with Gasteiger partial charge in [-0.05, 0) is 37.8 Å². The van der Waals surface area contributed by atoms with Gasteiger partial charge in [-0.2, -0.15) is 0 Å². The number of aryl methyl sites for hydroxylation is 1. The fourth-order valence-electron chi connectivity index (χ4n) is 1.54. The molecule has 4 heteroatoms. The van der Waals surface area contributed by atoms with Gasteiger partial charge in [-0.15, -0.1) is 0 Å². The maximum Gasteiger partial charge on any atom is 0.246 e. The number of nitrogens with one attached hydrogen (secondary N) is 1. The fourth-order valence-corrected chi connectivity index (χ4v) is 1.54. The predicted molar refractivity (Wildman–Crippen MR) is 64.4 cm³/mol. The van der Waals surface area contributed by atoms with E-state index in [9.17, 15) is 4.79 Å². The molecule has 0 atom stereocenters. The maximum absolute atomic E-state index is 11.4. The smallest absolute Gasteiger partial charge is 0.246 e. The monoisotopic (exact) mass is 234 g/mol. The molecule has 1 amide bonds. The van der Waals surface area contributed by atoms with Gasteiger partial charge in [-0.25, -0.2) is 0 Å². The summed E-state index contributed by atoms with van der Waals surface area (Å²) < 4.78 is 5.30. The van der Waals surface area contributed by atoms with Crippen LogP contribution in [0.25, 0.3) is 0 Å². The van der Waals surface area contributed by atoms with Gasteiger partial charge in [0.1, 0.15) is 6.61 Å². The summed E-state index contributed by atoms with van der Waals surface area (Å²) in [6.07, 6.45) is 2.49. The third-order valence-corrected chi connectivity index (χ3v) is 2.70. The van der Waals surface area contributed by atoms with E-state index in [1.54, 1.807) is 0 Å². The molecule has 92 valence electrons. The van der Waals surface area contributed by atoms with E-state index in [1.807, 2.05) is 25.1 Å². The molecule has 1 N–H and O–H groups in total. The Morgan fingerprint density at radius 3 is 3.06 bits per heavy atom. The second kappa shape index (κ2) is 5.77. The molecular formula is C13H18N2O2. The molecule has 4 nitrogen and oxygen atoms in total. The third-order valence-electron chi connectivity index (χ3n) is 2.70. The van der Waals surface area contributed by atoms with Crippen LogP contribution in [-0.2, 0) is 16.1 Å². The standard InChI is InChI=1S/C13H18N2O2/c1-10-3-2-4-12(15-10)7-14-13(16)9-17-8-11-5-6-11/h2-4,11H,5-9H2,1H3,(H,14,16). The summed E-state index contributed by atoms with van der Waals surface area (Å²) in [7, 11) is 0. The van der Waals surface area contributed by atoms with E-state index in [0.717, 1.165) is 18.0 Å². The molecule has 0 unspecified atom stereocenters. The number of hydrogen-bond donors (Lipinski definition) is 1. The fraction of sp³-hybridized carbons (Fsp3) is 0.538. The van der Waals surface area contributed by atoms with Gasteiger partial charge in [0.25, 0.3) is 0 Å². The topological polar surface area (TPSA) is 51.2 Å². The van der Waals surface area contributed by atoms with E-state index in [-0.39, 0.29) is 12.5 Å². The van der Waals surface area contributed by atoms with E-state index < -0.39 is 0 Å². The Hall–Kier alpha value is -1.42. The van der Waals surface area contributed by atoms with Crippen molar-refractivity contribution in [1.29, 1.82) is 0 Å². The SMILES string of the molecule is Cc1cccc(CNC(=O)COCC2CC2)n1. The summed E-state index contributed by atoms with van der Waals surface area (Å²) in [5.41, 5.74) is 1.84. The number of amides is 1. The minimum atomic E-state index is -0.0750. The molecule has 1 heterocycles. The van der Waals surface area contributed by atoms with Gasteiger partial charge in [0, 0.05) is 5.69 Å². The normalized spacial score (nSPS) is 14.6. The summed E-state index contributed by atoms with van der Waals surface area (Å²) in [4.78, 5) is 15.7. The molecule has 1 aromatic heterocycles. The zero-order valence-electron chi connectivity index (χ0n) is 10.1. The third kappa shape index (κ3) is 4.53. The minimum Gasteiger partial charge on any atom is -0.371 e. The van der Waals surface area contributed by atoms with Crippen molar-refractivity contribution in [2.75, 3.05) is 13.2 Å². The lowest BCUT2D eigenvalue weighted by Gasteiger charge is -2.06. The molecule has 1 aliphatic rings. The zero-order chi connectivity index (χ0) is 12.1. The van der Waals surface area contributed by atoms with Crippen molar-refractivity contribution in [2.45, 2.75) is 26.3 Å². The number of nitrogens with zero attached hydrogens (tertiary/aromatic N) is 1. The molecular weight excluding hydrogens is 216 g/mol. The first kappa shape index (κ1) is 12.0. The van der Waals surface area contributed by atoms with Gasteiger partial charge in [-0.1, -0.05) is 6.07 Å². The number of hydrogen-bond acceptors (Lipinski definition) is 3. The minimum absolute atomic E-state index is 0.0750. The van der Waals surface area contributed by atoms with Crippen LogP contribution in [0, 0.1) is 12.8 Å². The number of carbonyl (C=O) groups is 1. The van der Waals surface area contributed by atoms with E-state index in [0.29, 0.717) is 12.5 Å². The van der Waals surface area contributed by atoms with Crippen molar-refractivity contribution in [3.8, 4) is 0 Å². The second-order valence-corrected chi connectivity index (χ2v) is 4.51. The summed E-state index contributed by atoms with van der Waals surface area (Å²) in [5, 5.41) is 2.79. The first-order chi connectivity index (χ1) is 8.24. The molecule has 0 aromatic carbocycles. The lowest BCUT2D eigenvalue weighted by atomic mass is 10.3. The van der Waals surface area contributed by atoms with Crippen LogP contribution < -0.4 is 5.32 Å². The largest absolute Gasteiger partial charge is 0.371 e. The quantitative estimate of drug-likeness (QED) is 0.810. The number of rotatable bonds is 6. The first-order valence-electron chi connectivity index (χ1n) is 6.01. The van der Waals surface area contributed by atoms with Crippen LogP contribution in [0.1, 0.15) is 24.2 Å². The average molecular weight is 234 g/mol. The molecule has 1 fully saturated rings. The van der Waals surface area contributed by atoms with Gasteiger partial charge in [0.05, 0.1) is 18.8 Å². The summed E-state index contributed by atoms with van der Waals surface area (Å²) >= 11 is 0. The Bertz CT molecular complexity index is 389. The zero-order valence-corrected chi connectivity index (χ0v) is 10.1. The Kier molecular flexibility index (Phi) is 4.09. The molecule has 0 spiro atoms. The van der Waals surface area contributed by atoms with E-state index in [1.165, 1.54) is 12.8 Å². The Balaban J connectivity index is 1.64. The van der Waals surface area contributed by atoms with Crippen LogP contribution in [0.2, 0.25) is 0 Å². The van der Waals surface area contributed by atoms with Gasteiger partial charge in [-0.3, -0.25) is 9.78 Å². The highest BCUT2D eigenvalue weighted by Gasteiger charge is 2.21. The van der Waals surface area contributed by atoms with Crippen molar-refractivity contribution in [2.24, 2.45) is 5.92 Å². The Morgan fingerprint density at radius 2 is 2.35 bits per heavy atom. The molecule has 0 aliphatic heterocycles. The molecule has 0 saturated heterocycles. The van der Waals surface area contributed by atoms with Crippen molar-refractivity contribution < 1.29 is 9.53 Å². The van der Waals surface area contributed by atoms with Crippen LogP contribution >= 0.6 is 0 Å². The van der Waals surface area contributed by atoms with Crippen molar-refractivity contribution in [1.82, 2.24) is 10.3 Å². The van der Waals surface area contributed by atoms with Gasteiger partial charge < -0.3 is 10.1 Å². The predicted octanol–water partition coefficient (Wildman–Crippen LogP) is 1.43. The van der Waals surface area contributed by atoms with Crippen LogP contribution in [0.4, 0.5) is 0 Å². The molecule has 17 heavy (non-hydrogen) atoms. The van der Waals surface area contributed by atoms with Crippen LogP contribution in [0.3, 0.4) is 0 Å². The van der Waals surface area contributed by atoms with E-state index in [4.69, 9.17) is 4.74 Å². The molecule has 0 bridgehead atoms. The highest BCUT2D eigenvalue weighted by Crippen LogP contribution is 2.28. The lowest BCUT2D eigenvalue weighted by Crippen LogP contribution is -2.27. The Morgan fingerprint density at radius 1 is 1.53 bits per heavy atom. The molecule has 2 rings (SSSR count). The highest BCUT2D eigenvalue weighted by molar-refractivity contribution is 5.77. The number of ether oxygens (including phenoxy) is 1. The van der Waals surface area contributed by atoms with Gasteiger partial charge >= 0.3 is 0 Å². The van der Waals surface area contributed by atoms with Gasteiger partial charge in [0.15, 0.2) is 0 Å². The van der Waals surface area contributed by atoms with Crippen LogP contribution in [0.15, 0.2) is 18.2 Å². The maximum atomic E-state index is 11.4. The lowest BCUT2D eigenvalue weighted by molar-refractivity contribution is -0.126. The van der Waals surface area contributed by atoms with Crippen molar-refractivity contribution in [3.63, 3.8) is 0 Å².